The summed E-state index contributed by atoms with van der Waals surface area (Å²) in [6.45, 7) is 4.60. The highest BCUT2D eigenvalue weighted by Gasteiger charge is 2.09. The van der Waals surface area contributed by atoms with Gasteiger partial charge in [-0.05, 0) is 37.5 Å². The van der Waals surface area contributed by atoms with Crippen LogP contribution in [-0.2, 0) is 11.2 Å². The van der Waals surface area contributed by atoms with Gasteiger partial charge in [-0.25, -0.2) is 0 Å². The van der Waals surface area contributed by atoms with Gasteiger partial charge in [-0.15, -0.1) is 0 Å². The van der Waals surface area contributed by atoms with Gasteiger partial charge in [0.15, 0.2) is 18.1 Å². The van der Waals surface area contributed by atoms with Crippen molar-refractivity contribution in [1.82, 2.24) is 5.32 Å². The zero-order chi connectivity index (χ0) is 15.0. The summed E-state index contributed by atoms with van der Waals surface area (Å²) in [6.07, 6.45) is 1.68. The number of rotatable bonds is 8. The van der Waals surface area contributed by atoms with E-state index in [1.807, 2.05) is 32.0 Å². The molecular formula is C15H24N2O3. The van der Waals surface area contributed by atoms with Crippen LogP contribution in [-0.4, -0.2) is 32.2 Å². The normalized spacial score (nSPS) is 11.8. The highest BCUT2D eigenvalue weighted by Crippen LogP contribution is 2.28. The molecule has 1 rings (SSSR count). The third kappa shape index (κ3) is 5.48. The highest BCUT2D eigenvalue weighted by molar-refractivity contribution is 5.77. The Labute approximate surface area is 120 Å². The zero-order valence-corrected chi connectivity index (χ0v) is 12.4. The van der Waals surface area contributed by atoms with Crippen molar-refractivity contribution >= 4 is 5.91 Å². The number of carbonyl (C=O) groups excluding carboxylic acids is 1. The van der Waals surface area contributed by atoms with Crippen LogP contribution in [0.25, 0.3) is 0 Å². The lowest BCUT2D eigenvalue weighted by molar-refractivity contribution is -0.123. The number of ether oxygens (including phenoxy) is 2. The van der Waals surface area contributed by atoms with Gasteiger partial charge in [0.1, 0.15) is 0 Å². The van der Waals surface area contributed by atoms with Crippen LogP contribution in [0.4, 0.5) is 0 Å². The minimum absolute atomic E-state index is 0.0109. The number of hydrogen-bond acceptors (Lipinski definition) is 4. The Morgan fingerprint density at radius 2 is 2.15 bits per heavy atom. The van der Waals surface area contributed by atoms with Crippen molar-refractivity contribution in [3.63, 3.8) is 0 Å². The number of amides is 1. The number of hydrogen-bond donors (Lipinski definition) is 2. The number of methoxy groups -OCH3 is 1. The van der Waals surface area contributed by atoms with Crippen LogP contribution in [0.2, 0.25) is 0 Å². The highest BCUT2D eigenvalue weighted by atomic mass is 16.5. The fraction of sp³-hybridized carbons (Fsp3) is 0.533. The lowest BCUT2D eigenvalue weighted by atomic mass is 10.1. The minimum Gasteiger partial charge on any atom is -0.493 e. The van der Waals surface area contributed by atoms with E-state index in [2.05, 4.69) is 5.32 Å². The summed E-state index contributed by atoms with van der Waals surface area (Å²) in [5.41, 5.74) is 6.86. The standard InChI is InChI=1S/C15H24N2O3/c1-4-7-17-15(18)10-20-13-6-5-12(8-11(2)16)9-14(13)19-3/h5-6,9,11H,4,7-8,10,16H2,1-3H3,(H,17,18). The lowest BCUT2D eigenvalue weighted by Gasteiger charge is -2.13. The van der Waals surface area contributed by atoms with E-state index < -0.39 is 0 Å². The van der Waals surface area contributed by atoms with Crippen LogP contribution in [0.15, 0.2) is 18.2 Å². The molecule has 112 valence electrons. The van der Waals surface area contributed by atoms with Crippen LogP contribution in [0.5, 0.6) is 11.5 Å². The molecule has 1 atom stereocenters. The maximum absolute atomic E-state index is 11.5. The van der Waals surface area contributed by atoms with Gasteiger partial charge in [-0.1, -0.05) is 13.0 Å². The van der Waals surface area contributed by atoms with E-state index >= 15 is 0 Å². The van der Waals surface area contributed by atoms with E-state index in [1.54, 1.807) is 7.11 Å². The lowest BCUT2D eigenvalue weighted by Crippen LogP contribution is -2.29. The predicted octanol–water partition coefficient (Wildman–Crippen LogP) is 1.49. The first-order valence-electron chi connectivity index (χ1n) is 6.88. The Kier molecular flexibility index (Phi) is 6.87. The van der Waals surface area contributed by atoms with E-state index in [0.717, 1.165) is 18.4 Å². The Hall–Kier alpha value is -1.75. The average molecular weight is 280 g/mol. The Bertz CT molecular complexity index is 433. The van der Waals surface area contributed by atoms with E-state index in [-0.39, 0.29) is 18.6 Å². The summed E-state index contributed by atoms with van der Waals surface area (Å²) in [7, 11) is 1.58. The Morgan fingerprint density at radius 1 is 1.40 bits per heavy atom. The van der Waals surface area contributed by atoms with Crippen molar-refractivity contribution in [2.45, 2.75) is 32.7 Å². The SMILES string of the molecule is CCCNC(=O)COc1ccc(CC(C)N)cc1OC. The molecule has 1 unspecified atom stereocenters. The largest absolute Gasteiger partial charge is 0.493 e. The quantitative estimate of drug-likeness (QED) is 0.756. The van der Waals surface area contributed by atoms with E-state index in [4.69, 9.17) is 15.2 Å². The molecule has 0 heterocycles. The molecule has 3 N–H and O–H groups in total. The van der Waals surface area contributed by atoms with Crippen LogP contribution >= 0.6 is 0 Å². The van der Waals surface area contributed by atoms with Gasteiger partial charge >= 0.3 is 0 Å². The molecule has 0 aromatic heterocycles. The zero-order valence-electron chi connectivity index (χ0n) is 12.4. The average Bonchev–Trinajstić information content (AvgIpc) is 2.42. The van der Waals surface area contributed by atoms with Gasteiger partial charge in [-0.2, -0.15) is 0 Å². The molecule has 0 spiro atoms. The van der Waals surface area contributed by atoms with E-state index in [1.165, 1.54) is 0 Å². The van der Waals surface area contributed by atoms with Crippen LogP contribution in [0.1, 0.15) is 25.8 Å². The molecule has 0 saturated carbocycles. The van der Waals surface area contributed by atoms with Crippen molar-refractivity contribution < 1.29 is 14.3 Å². The summed E-state index contributed by atoms with van der Waals surface area (Å²) in [4.78, 5) is 11.5. The maximum Gasteiger partial charge on any atom is 0.257 e. The minimum atomic E-state index is -0.131. The monoisotopic (exact) mass is 280 g/mol. The van der Waals surface area contributed by atoms with Gasteiger partial charge in [0.05, 0.1) is 7.11 Å². The molecule has 0 aliphatic rings. The summed E-state index contributed by atoms with van der Waals surface area (Å²) in [5.74, 6) is 1.05. The number of carbonyl (C=O) groups is 1. The molecule has 20 heavy (non-hydrogen) atoms. The van der Waals surface area contributed by atoms with Crippen LogP contribution in [0, 0.1) is 0 Å². The molecular weight excluding hydrogens is 256 g/mol. The number of benzene rings is 1. The molecule has 0 aliphatic carbocycles. The summed E-state index contributed by atoms with van der Waals surface area (Å²) < 4.78 is 10.8. The molecule has 0 radical (unpaired) electrons. The smallest absolute Gasteiger partial charge is 0.257 e. The van der Waals surface area contributed by atoms with Crippen molar-refractivity contribution in [2.75, 3.05) is 20.3 Å². The first-order chi connectivity index (χ1) is 9.56. The second kappa shape index (κ2) is 8.43. The molecule has 0 fully saturated rings. The van der Waals surface area contributed by atoms with Crippen LogP contribution in [0.3, 0.4) is 0 Å². The van der Waals surface area contributed by atoms with E-state index in [9.17, 15) is 4.79 Å². The third-order valence-corrected chi connectivity index (χ3v) is 2.72. The molecule has 0 bridgehead atoms. The molecule has 5 nitrogen and oxygen atoms in total. The van der Waals surface area contributed by atoms with Gasteiger partial charge in [0.25, 0.3) is 5.91 Å². The Morgan fingerprint density at radius 3 is 2.75 bits per heavy atom. The third-order valence-electron chi connectivity index (χ3n) is 2.72. The van der Waals surface area contributed by atoms with Gasteiger partial charge in [0, 0.05) is 12.6 Å². The topological polar surface area (TPSA) is 73.6 Å². The predicted molar refractivity (Wildman–Crippen MR) is 79.1 cm³/mol. The van der Waals surface area contributed by atoms with Crippen molar-refractivity contribution in [1.29, 1.82) is 0 Å². The van der Waals surface area contributed by atoms with Gasteiger partial charge in [0.2, 0.25) is 0 Å². The van der Waals surface area contributed by atoms with Crippen molar-refractivity contribution in [3.8, 4) is 11.5 Å². The van der Waals surface area contributed by atoms with Gasteiger partial charge in [-0.3, -0.25) is 4.79 Å². The summed E-state index contributed by atoms with van der Waals surface area (Å²) in [6, 6.07) is 5.73. The van der Waals surface area contributed by atoms with Crippen LogP contribution < -0.4 is 20.5 Å². The number of nitrogens with two attached hydrogens (primary N) is 1. The first kappa shape index (κ1) is 16.3. The van der Waals surface area contributed by atoms with Crippen molar-refractivity contribution in [3.05, 3.63) is 23.8 Å². The maximum atomic E-state index is 11.5. The van der Waals surface area contributed by atoms with E-state index in [0.29, 0.717) is 18.0 Å². The molecule has 1 amide bonds. The first-order valence-corrected chi connectivity index (χ1v) is 6.88. The molecule has 0 saturated heterocycles. The fourth-order valence-corrected chi connectivity index (χ4v) is 1.79. The molecule has 1 aromatic carbocycles. The van der Waals surface area contributed by atoms with Crippen molar-refractivity contribution in [2.24, 2.45) is 5.73 Å². The Balaban J connectivity index is 2.63. The number of nitrogens with one attached hydrogen (secondary N) is 1. The summed E-state index contributed by atoms with van der Waals surface area (Å²) >= 11 is 0. The van der Waals surface area contributed by atoms with Gasteiger partial charge < -0.3 is 20.5 Å². The molecule has 1 aromatic rings. The summed E-state index contributed by atoms with van der Waals surface area (Å²) in [5, 5.41) is 2.76. The second-order valence-electron chi connectivity index (χ2n) is 4.81. The molecule has 0 aliphatic heterocycles. The second-order valence-corrected chi connectivity index (χ2v) is 4.81. The fourth-order valence-electron chi connectivity index (χ4n) is 1.79. The molecule has 5 heteroatoms.